The second kappa shape index (κ2) is 7.94. The number of para-hydroxylation sites is 1. The van der Waals surface area contributed by atoms with Gasteiger partial charge in [0.25, 0.3) is 5.91 Å². The second-order valence-corrected chi connectivity index (χ2v) is 6.44. The summed E-state index contributed by atoms with van der Waals surface area (Å²) in [4.78, 5) is 30.4. The number of benzene rings is 1. The summed E-state index contributed by atoms with van der Waals surface area (Å²) < 4.78 is 0. The normalized spacial score (nSPS) is 16.8. The summed E-state index contributed by atoms with van der Waals surface area (Å²) in [6.07, 6.45) is 0.531. The molecule has 1 aliphatic rings. The zero-order valence-corrected chi connectivity index (χ0v) is 15.0. The fourth-order valence-corrected chi connectivity index (χ4v) is 3.36. The molecule has 1 atom stereocenters. The molecule has 1 fully saturated rings. The third-order valence-corrected chi connectivity index (χ3v) is 4.80. The van der Waals surface area contributed by atoms with Crippen LogP contribution in [0.2, 0.25) is 5.02 Å². The van der Waals surface area contributed by atoms with Gasteiger partial charge in [0, 0.05) is 18.5 Å². The number of hydrogen-bond acceptors (Lipinski definition) is 5. The van der Waals surface area contributed by atoms with Crippen molar-refractivity contribution in [2.24, 2.45) is 5.73 Å². The molecule has 3 rings (SSSR count). The van der Waals surface area contributed by atoms with Crippen molar-refractivity contribution < 1.29 is 9.59 Å². The summed E-state index contributed by atoms with van der Waals surface area (Å²) >= 11 is 7.46. The van der Waals surface area contributed by atoms with Crippen molar-refractivity contribution in [3.8, 4) is 0 Å². The van der Waals surface area contributed by atoms with E-state index in [-0.39, 0.29) is 24.2 Å². The number of halogens is 2. The Morgan fingerprint density at radius 2 is 2.21 bits per heavy atom. The molecule has 24 heavy (non-hydrogen) atoms. The van der Waals surface area contributed by atoms with E-state index in [1.54, 1.807) is 22.4 Å². The fraction of sp³-hybridized carbons (Fsp3) is 0.267. The molecular weight excluding hydrogens is 371 g/mol. The Morgan fingerprint density at radius 3 is 2.88 bits per heavy atom. The number of amides is 2. The van der Waals surface area contributed by atoms with E-state index in [9.17, 15) is 9.59 Å². The van der Waals surface area contributed by atoms with Gasteiger partial charge in [-0.05, 0) is 18.6 Å². The number of hydrogen-bond donors (Lipinski definition) is 2. The van der Waals surface area contributed by atoms with Crippen LogP contribution in [0.5, 0.6) is 0 Å². The first kappa shape index (κ1) is 18.7. The Morgan fingerprint density at radius 1 is 1.46 bits per heavy atom. The van der Waals surface area contributed by atoms with Gasteiger partial charge in [-0.2, -0.15) is 0 Å². The predicted molar refractivity (Wildman–Crippen MR) is 96.9 cm³/mol. The van der Waals surface area contributed by atoms with Crippen LogP contribution in [-0.2, 0) is 11.3 Å². The van der Waals surface area contributed by atoms with E-state index in [4.69, 9.17) is 17.3 Å². The molecule has 1 aliphatic heterocycles. The van der Waals surface area contributed by atoms with Gasteiger partial charge in [-0.1, -0.05) is 23.7 Å². The number of carbonyl (C=O) groups excluding carboxylic acids is 2. The average molecular weight is 387 g/mol. The van der Waals surface area contributed by atoms with E-state index < -0.39 is 6.04 Å². The van der Waals surface area contributed by atoms with Crippen LogP contribution in [0.1, 0.15) is 21.9 Å². The first-order chi connectivity index (χ1) is 11.1. The molecule has 0 spiro atoms. The lowest BCUT2D eigenvalue weighted by atomic mass is 10.2. The van der Waals surface area contributed by atoms with E-state index >= 15 is 0 Å². The number of aromatic nitrogens is 1. The maximum Gasteiger partial charge on any atom is 0.271 e. The Kier molecular flexibility index (Phi) is 6.17. The quantitative estimate of drug-likeness (QED) is 0.842. The van der Waals surface area contributed by atoms with Gasteiger partial charge < -0.3 is 16.0 Å². The number of anilines is 1. The molecule has 1 saturated heterocycles. The molecule has 2 aromatic rings. The monoisotopic (exact) mass is 386 g/mol. The molecule has 1 unspecified atom stereocenters. The molecule has 9 heteroatoms. The summed E-state index contributed by atoms with van der Waals surface area (Å²) in [5, 5.41) is 5.57. The summed E-state index contributed by atoms with van der Waals surface area (Å²) in [6.45, 7) is 0.805. The van der Waals surface area contributed by atoms with Gasteiger partial charge in [-0.3, -0.25) is 9.59 Å². The predicted octanol–water partition coefficient (Wildman–Crippen LogP) is 2.21. The third kappa shape index (κ3) is 3.70. The number of rotatable bonds is 4. The smallest absolute Gasteiger partial charge is 0.271 e. The number of nitrogens with zero attached hydrogens (tertiary/aromatic N) is 2. The van der Waals surface area contributed by atoms with Gasteiger partial charge in [0.1, 0.15) is 16.7 Å². The highest BCUT2D eigenvalue weighted by Crippen LogP contribution is 2.29. The van der Waals surface area contributed by atoms with Crippen molar-refractivity contribution in [1.29, 1.82) is 0 Å². The minimum atomic E-state index is -0.568. The van der Waals surface area contributed by atoms with Crippen molar-refractivity contribution in [2.75, 3.05) is 11.4 Å². The minimum Gasteiger partial charge on any atom is -0.339 e. The van der Waals surface area contributed by atoms with Crippen LogP contribution < -0.4 is 16.0 Å². The molecule has 128 valence electrons. The Bertz CT molecular complexity index is 753. The molecular formula is C15H16Cl2N4O2S. The van der Waals surface area contributed by atoms with E-state index in [0.29, 0.717) is 40.9 Å². The Labute approximate surface area is 154 Å². The maximum absolute atomic E-state index is 12.5. The summed E-state index contributed by atoms with van der Waals surface area (Å²) in [6, 6.07) is 6.59. The van der Waals surface area contributed by atoms with Gasteiger partial charge in [0.15, 0.2) is 0 Å². The Balaban J connectivity index is 0.00000208. The highest BCUT2D eigenvalue weighted by molar-refractivity contribution is 7.09. The Hall–Kier alpha value is -1.67. The first-order valence-electron chi connectivity index (χ1n) is 7.11. The molecule has 6 nitrogen and oxygen atoms in total. The average Bonchev–Trinajstić information content (AvgIpc) is 3.16. The number of thiazole rings is 1. The molecule has 0 aliphatic carbocycles. The molecule has 3 N–H and O–H groups in total. The summed E-state index contributed by atoms with van der Waals surface area (Å²) in [7, 11) is 0. The third-order valence-electron chi connectivity index (χ3n) is 3.61. The van der Waals surface area contributed by atoms with Crippen LogP contribution in [0.4, 0.5) is 5.69 Å². The van der Waals surface area contributed by atoms with Crippen molar-refractivity contribution in [3.05, 3.63) is 45.4 Å². The number of nitrogens with one attached hydrogen (secondary N) is 1. The fourth-order valence-electron chi connectivity index (χ4n) is 2.46. The van der Waals surface area contributed by atoms with Crippen molar-refractivity contribution in [1.82, 2.24) is 10.3 Å². The van der Waals surface area contributed by atoms with Gasteiger partial charge in [0.2, 0.25) is 5.91 Å². The molecule has 2 heterocycles. The van der Waals surface area contributed by atoms with Crippen molar-refractivity contribution in [3.63, 3.8) is 0 Å². The minimum absolute atomic E-state index is 0. The van der Waals surface area contributed by atoms with Gasteiger partial charge in [-0.15, -0.1) is 23.7 Å². The second-order valence-electron chi connectivity index (χ2n) is 5.09. The maximum atomic E-state index is 12.5. The summed E-state index contributed by atoms with van der Waals surface area (Å²) in [5.41, 5.74) is 6.44. The van der Waals surface area contributed by atoms with Crippen LogP contribution >= 0.6 is 35.3 Å². The molecule has 2 amide bonds. The lowest BCUT2D eigenvalue weighted by Crippen LogP contribution is -2.41. The highest BCUT2D eigenvalue weighted by Gasteiger charge is 2.34. The van der Waals surface area contributed by atoms with Crippen LogP contribution in [-0.4, -0.2) is 29.4 Å². The van der Waals surface area contributed by atoms with E-state index in [1.165, 1.54) is 11.3 Å². The van der Waals surface area contributed by atoms with E-state index in [1.807, 2.05) is 12.1 Å². The standard InChI is InChI=1S/C15H15ClN4O2S.ClH/c16-9-3-1-2-4-12(9)20-6-5-10(15(20)22)19-14(21)11-8-23-13(7-17)18-11;/h1-4,8,10H,5-7,17H2,(H,19,21);1H. The summed E-state index contributed by atoms with van der Waals surface area (Å²) in [5.74, 6) is -0.527. The molecule has 0 saturated carbocycles. The first-order valence-corrected chi connectivity index (χ1v) is 8.37. The van der Waals surface area contributed by atoms with Crippen LogP contribution in [0.25, 0.3) is 0 Å². The van der Waals surface area contributed by atoms with Gasteiger partial charge in [-0.25, -0.2) is 4.98 Å². The topological polar surface area (TPSA) is 88.3 Å². The molecule has 0 radical (unpaired) electrons. The van der Waals surface area contributed by atoms with E-state index in [2.05, 4.69) is 10.3 Å². The molecule has 1 aromatic heterocycles. The lowest BCUT2D eigenvalue weighted by Gasteiger charge is -2.18. The highest BCUT2D eigenvalue weighted by atomic mass is 35.5. The van der Waals surface area contributed by atoms with E-state index in [0.717, 1.165) is 0 Å². The largest absolute Gasteiger partial charge is 0.339 e. The number of nitrogens with two attached hydrogens (primary N) is 1. The zero-order valence-electron chi connectivity index (χ0n) is 12.6. The van der Waals surface area contributed by atoms with Crippen LogP contribution in [0.15, 0.2) is 29.6 Å². The molecule has 0 bridgehead atoms. The number of carbonyl (C=O) groups is 2. The van der Waals surface area contributed by atoms with Crippen molar-refractivity contribution >= 4 is 52.8 Å². The zero-order chi connectivity index (χ0) is 16.4. The SMILES string of the molecule is Cl.NCc1nc(C(=O)NC2CCN(c3ccccc3Cl)C2=O)cs1. The van der Waals surface area contributed by atoms with Crippen LogP contribution in [0, 0.1) is 0 Å². The van der Waals surface area contributed by atoms with Gasteiger partial charge >= 0.3 is 0 Å². The van der Waals surface area contributed by atoms with Gasteiger partial charge in [0.05, 0.1) is 10.7 Å². The molecule has 1 aromatic carbocycles. The van der Waals surface area contributed by atoms with Crippen LogP contribution in [0.3, 0.4) is 0 Å². The van der Waals surface area contributed by atoms with Crippen molar-refractivity contribution in [2.45, 2.75) is 19.0 Å². The lowest BCUT2D eigenvalue weighted by molar-refractivity contribution is -0.118.